The van der Waals surface area contributed by atoms with Crippen molar-refractivity contribution in [3.05, 3.63) is 10.4 Å². The fraction of sp³-hybridized carbons (Fsp3) is 0.833. The van der Waals surface area contributed by atoms with Crippen LogP contribution < -0.4 is 0 Å². The second-order valence-corrected chi connectivity index (χ2v) is 2.43. The number of ketones is 1. The average Bonchev–Trinajstić information content (AvgIpc) is 1.94. The predicted octanol–water partition coefficient (Wildman–Crippen LogP) is 1.81. The average molecular weight is 139 g/mol. The largest absolute Gasteiger partial charge is 0.299 e. The fourth-order valence-electron chi connectivity index (χ4n) is 1.15. The van der Waals surface area contributed by atoms with Crippen LogP contribution in [-0.4, -0.2) is 11.8 Å². The Balaban J connectivity index is 2.55. The molecule has 54 valence electrons. The molecule has 0 unspecified atom stereocenters. The third-order valence-electron chi connectivity index (χ3n) is 1.71. The summed E-state index contributed by atoms with van der Waals surface area (Å²) in [5.74, 6) is 0.101. The second kappa shape index (κ2) is 3.22. The van der Waals surface area contributed by atoms with E-state index in [1.165, 1.54) is 0 Å². The summed E-state index contributed by atoms with van der Waals surface area (Å²) in [5, 5.41) is 3.40. The molecule has 4 nitrogen and oxygen atoms in total. The van der Waals surface area contributed by atoms with Crippen LogP contribution in [0.5, 0.6) is 0 Å². The zero-order valence-corrected chi connectivity index (χ0v) is 5.66. The molecule has 1 aliphatic rings. The van der Waals surface area contributed by atoms with Crippen LogP contribution in [0, 0.1) is 0 Å². The molecule has 0 heterocycles. The zero-order chi connectivity index (χ0) is 7.40. The molecule has 0 aromatic rings. The first kappa shape index (κ1) is 7.09. The van der Waals surface area contributed by atoms with E-state index in [9.17, 15) is 4.79 Å². The highest BCUT2D eigenvalue weighted by Gasteiger charge is 2.19. The van der Waals surface area contributed by atoms with E-state index in [1.807, 2.05) is 0 Å². The molecule has 0 spiro atoms. The van der Waals surface area contributed by atoms with Crippen molar-refractivity contribution in [1.29, 1.82) is 0 Å². The maximum Gasteiger partial charge on any atom is 0.141 e. The van der Waals surface area contributed by atoms with Gasteiger partial charge in [-0.2, -0.15) is 0 Å². The fourth-order valence-corrected chi connectivity index (χ4v) is 1.15. The lowest BCUT2D eigenvalue weighted by Crippen LogP contribution is -2.21. The Morgan fingerprint density at radius 1 is 1.60 bits per heavy atom. The number of hydrogen-bond donors (Lipinski definition) is 0. The highest BCUT2D eigenvalue weighted by atomic mass is 16.1. The van der Waals surface area contributed by atoms with Crippen LogP contribution in [0.15, 0.2) is 5.11 Å². The maximum atomic E-state index is 10.9. The number of nitrogens with zero attached hydrogens (tertiary/aromatic N) is 3. The Morgan fingerprint density at radius 2 is 2.40 bits per heavy atom. The molecule has 10 heavy (non-hydrogen) atoms. The predicted molar refractivity (Wildman–Crippen MR) is 36.4 cm³/mol. The van der Waals surface area contributed by atoms with Crippen LogP contribution >= 0.6 is 0 Å². The van der Waals surface area contributed by atoms with Gasteiger partial charge in [0.2, 0.25) is 0 Å². The van der Waals surface area contributed by atoms with Gasteiger partial charge in [0.25, 0.3) is 0 Å². The minimum Gasteiger partial charge on any atom is -0.299 e. The molecule has 0 N–H and O–H groups in total. The number of Topliss-reactive ketones (excluding diaryl/α,β-unsaturated/α-hetero) is 1. The first-order valence-electron chi connectivity index (χ1n) is 3.41. The smallest absolute Gasteiger partial charge is 0.141 e. The van der Waals surface area contributed by atoms with Gasteiger partial charge in [-0.25, -0.2) is 0 Å². The van der Waals surface area contributed by atoms with Crippen molar-refractivity contribution >= 4 is 5.78 Å². The van der Waals surface area contributed by atoms with E-state index in [0.29, 0.717) is 6.42 Å². The molecule has 0 aromatic heterocycles. The molecule has 1 rings (SSSR count). The molecule has 4 heteroatoms. The number of rotatable bonds is 1. The van der Waals surface area contributed by atoms with Crippen LogP contribution in [0.4, 0.5) is 0 Å². The first-order chi connectivity index (χ1) is 4.84. The van der Waals surface area contributed by atoms with Crippen LogP contribution in [0.2, 0.25) is 0 Å². The molecule has 0 bridgehead atoms. The SMILES string of the molecule is [N-]=[N+]=N[C@@H]1CCCCC1=O. The van der Waals surface area contributed by atoms with Gasteiger partial charge in [0, 0.05) is 11.3 Å². The molecular weight excluding hydrogens is 130 g/mol. The molecule has 0 saturated heterocycles. The summed E-state index contributed by atoms with van der Waals surface area (Å²) in [6.07, 6.45) is 3.29. The molecule has 1 atom stereocenters. The van der Waals surface area contributed by atoms with Crippen molar-refractivity contribution < 1.29 is 4.79 Å². The molecule has 0 aliphatic heterocycles. The van der Waals surface area contributed by atoms with E-state index in [2.05, 4.69) is 10.0 Å². The molecule has 1 fully saturated rings. The molecule has 0 radical (unpaired) electrons. The number of hydrogen-bond acceptors (Lipinski definition) is 2. The van der Waals surface area contributed by atoms with Gasteiger partial charge in [0.15, 0.2) is 0 Å². The van der Waals surface area contributed by atoms with Gasteiger partial charge in [-0.3, -0.25) is 4.79 Å². The van der Waals surface area contributed by atoms with E-state index >= 15 is 0 Å². The molecule has 1 saturated carbocycles. The normalized spacial score (nSPS) is 25.6. The summed E-state index contributed by atoms with van der Waals surface area (Å²) in [4.78, 5) is 13.5. The van der Waals surface area contributed by atoms with Crippen LogP contribution in [-0.2, 0) is 4.79 Å². The lowest BCUT2D eigenvalue weighted by atomic mass is 9.95. The highest BCUT2D eigenvalue weighted by molar-refractivity contribution is 5.84. The Labute approximate surface area is 58.9 Å². The van der Waals surface area contributed by atoms with Crippen molar-refractivity contribution in [2.75, 3.05) is 0 Å². The number of carbonyl (C=O) groups excluding carboxylic acids is 1. The van der Waals surface area contributed by atoms with Crippen molar-refractivity contribution in [1.82, 2.24) is 0 Å². The van der Waals surface area contributed by atoms with Gasteiger partial charge in [-0.05, 0) is 18.4 Å². The highest BCUT2D eigenvalue weighted by Crippen LogP contribution is 2.16. The van der Waals surface area contributed by atoms with Crippen molar-refractivity contribution in [3.8, 4) is 0 Å². The molecular formula is C6H9N3O. The molecule has 0 aromatic carbocycles. The zero-order valence-electron chi connectivity index (χ0n) is 5.66. The maximum absolute atomic E-state index is 10.9. The van der Waals surface area contributed by atoms with Gasteiger partial charge in [0.1, 0.15) is 5.78 Å². The monoisotopic (exact) mass is 139 g/mol. The second-order valence-electron chi connectivity index (χ2n) is 2.43. The van der Waals surface area contributed by atoms with E-state index in [1.54, 1.807) is 0 Å². The van der Waals surface area contributed by atoms with Gasteiger partial charge >= 0.3 is 0 Å². The topological polar surface area (TPSA) is 65.8 Å². The van der Waals surface area contributed by atoms with E-state index in [0.717, 1.165) is 19.3 Å². The number of carbonyl (C=O) groups is 1. The number of azide groups is 1. The molecule has 1 aliphatic carbocycles. The Morgan fingerprint density at radius 3 is 3.00 bits per heavy atom. The summed E-state index contributed by atoms with van der Waals surface area (Å²) in [6.45, 7) is 0. The van der Waals surface area contributed by atoms with Crippen molar-refractivity contribution in [2.45, 2.75) is 31.7 Å². The minimum atomic E-state index is -0.362. The molecule has 0 amide bonds. The first-order valence-corrected chi connectivity index (χ1v) is 3.41. The van der Waals surface area contributed by atoms with E-state index < -0.39 is 0 Å². The lowest BCUT2D eigenvalue weighted by molar-refractivity contribution is -0.121. The van der Waals surface area contributed by atoms with Crippen LogP contribution in [0.3, 0.4) is 0 Å². The summed E-state index contributed by atoms with van der Waals surface area (Å²) in [5.41, 5.74) is 8.04. The van der Waals surface area contributed by atoms with Gasteiger partial charge in [-0.1, -0.05) is 11.5 Å². The summed E-state index contributed by atoms with van der Waals surface area (Å²) in [6, 6.07) is -0.362. The van der Waals surface area contributed by atoms with E-state index in [-0.39, 0.29) is 11.8 Å². The Hall–Kier alpha value is -1.02. The van der Waals surface area contributed by atoms with Crippen molar-refractivity contribution in [3.63, 3.8) is 0 Å². The Kier molecular flexibility index (Phi) is 2.29. The van der Waals surface area contributed by atoms with Gasteiger partial charge in [0.05, 0.1) is 6.04 Å². The summed E-state index contributed by atoms with van der Waals surface area (Å²) < 4.78 is 0. The van der Waals surface area contributed by atoms with Crippen LogP contribution in [0.25, 0.3) is 10.4 Å². The minimum absolute atomic E-state index is 0.101. The standard InChI is InChI=1S/C6H9N3O/c7-9-8-5-3-1-2-4-6(5)10/h5H,1-4H2/t5-/m1/s1. The Bertz CT molecular complexity index is 183. The quantitative estimate of drug-likeness (QED) is 0.310. The third-order valence-corrected chi connectivity index (χ3v) is 1.71. The summed E-state index contributed by atoms with van der Waals surface area (Å²) in [7, 11) is 0. The van der Waals surface area contributed by atoms with Crippen molar-refractivity contribution in [2.24, 2.45) is 5.11 Å². The third kappa shape index (κ3) is 1.48. The van der Waals surface area contributed by atoms with Crippen LogP contribution in [0.1, 0.15) is 25.7 Å². The van der Waals surface area contributed by atoms with E-state index in [4.69, 9.17) is 5.53 Å². The van der Waals surface area contributed by atoms with Gasteiger partial charge < -0.3 is 0 Å². The lowest BCUT2D eigenvalue weighted by Gasteiger charge is -2.14. The summed E-state index contributed by atoms with van der Waals surface area (Å²) >= 11 is 0. The van der Waals surface area contributed by atoms with Gasteiger partial charge in [-0.15, -0.1) is 0 Å².